The molecule has 1 aromatic rings. The first kappa shape index (κ1) is 16.4. The number of aliphatic carboxylic acids is 1. The number of hydrogen-bond donors (Lipinski definition) is 1. The van der Waals surface area contributed by atoms with Crippen LogP contribution in [0.15, 0.2) is 35.9 Å². The smallest absolute Gasteiger partial charge is 0.352 e. The van der Waals surface area contributed by atoms with Crippen LogP contribution in [0.5, 0.6) is 5.75 Å². The third kappa shape index (κ3) is 2.46. The Balaban J connectivity index is 1.99. The van der Waals surface area contributed by atoms with Gasteiger partial charge in [-0.3, -0.25) is 0 Å². The molecule has 4 rings (SSSR count). The topological polar surface area (TPSA) is 46.5 Å². The van der Waals surface area contributed by atoms with Crippen molar-refractivity contribution in [2.75, 3.05) is 0 Å². The van der Waals surface area contributed by atoms with Gasteiger partial charge in [0.25, 0.3) is 0 Å². The SMILES string of the molecule is CCC(Oc1ccc(Cl)cc1)(C(=O)O)C1=CCC2CC1C2(C)C. The maximum absolute atomic E-state index is 12.2. The Kier molecular flexibility index (Phi) is 3.96. The van der Waals surface area contributed by atoms with Crippen LogP contribution in [-0.4, -0.2) is 16.7 Å². The molecule has 0 aromatic heterocycles. The highest BCUT2D eigenvalue weighted by molar-refractivity contribution is 6.30. The Bertz CT molecular complexity index is 647. The summed E-state index contributed by atoms with van der Waals surface area (Å²) >= 11 is 5.91. The predicted molar refractivity (Wildman–Crippen MR) is 90.8 cm³/mol. The monoisotopic (exact) mass is 334 g/mol. The van der Waals surface area contributed by atoms with Gasteiger partial charge < -0.3 is 9.84 Å². The number of carboxylic acid groups (broad SMARTS) is 1. The number of hydrogen-bond acceptors (Lipinski definition) is 2. The van der Waals surface area contributed by atoms with Crippen molar-refractivity contribution in [2.45, 2.75) is 45.6 Å². The second-order valence-corrected chi connectivity index (χ2v) is 7.68. The fourth-order valence-corrected chi connectivity index (χ4v) is 4.28. The molecule has 2 bridgehead atoms. The number of ether oxygens (including phenoxy) is 1. The molecule has 1 N–H and O–H groups in total. The Morgan fingerprint density at radius 2 is 2.04 bits per heavy atom. The first-order chi connectivity index (χ1) is 10.8. The van der Waals surface area contributed by atoms with Crippen molar-refractivity contribution in [1.29, 1.82) is 0 Å². The lowest BCUT2D eigenvalue weighted by Crippen LogP contribution is -2.57. The van der Waals surface area contributed by atoms with E-state index in [2.05, 4.69) is 19.9 Å². The molecule has 0 heterocycles. The molecule has 1 fully saturated rings. The summed E-state index contributed by atoms with van der Waals surface area (Å²) in [6.07, 6.45) is 4.52. The van der Waals surface area contributed by atoms with E-state index >= 15 is 0 Å². The van der Waals surface area contributed by atoms with Crippen molar-refractivity contribution in [3.05, 3.63) is 40.9 Å². The predicted octanol–water partition coefficient (Wildman–Crippen LogP) is 4.94. The first-order valence-corrected chi connectivity index (χ1v) is 8.57. The molecule has 0 aliphatic heterocycles. The van der Waals surface area contributed by atoms with Crippen LogP contribution in [-0.2, 0) is 4.79 Å². The van der Waals surface area contributed by atoms with E-state index in [1.165, 1.54) is 0 Å². The summed E-state index contributed by atoms with van der Waals surface area (Å²) < 4.78 is 6.07. The highest BCUT2D eigenvalue weighted by Gasteiger charge is 2.58. The van der Waals surface area contributed by atoms with Gasteiger partial charge in [0.15, 0.2) is 0 Å². The molecule has 3 nitrogen and oxygen atoms in total. The highest BCUT2D eigenvalue weighted by atomic mass is 35.5. The maximum atomic E-state index is 12.2. The third-order valence-electron chi connectivity index (χ3n) is 5.88. The van der Waals surface area contributed by atoms with Crippen molar-refractivity contribution >= 4 is 17.6 Å². The lowest BCUT2D eigenvalue weighted by molar-refractivity contribution is -0.155. The van der Waals surface area contributed by atoms with E-state index < -0.39 is 11.6 Å². The summed E-state index contributed by atoms with van der Waals surface area (Å²) in [4.78, 5) is 12.2. The van der Waals surface area contributed by atoms with E-state index in [4.69, 9.17) is 16.3 Å². The van der Waals surface area contributed by atoms with Crippen LogP contribution >= 0.6 is 11.6 Å². The summed E-state index contributed by atoms with van der Waals surface area (Å²) in [5, 5.41) is 10.6. The zero-order chi connectivity index (χ0) is 16.8. The summed E-state index contributed by atoms with van der Waals surface area (Å²) in [6.45, 7) is 6.36. The minimum absolute atomic E-state index is 0.156. The third-order valence-corrected chi connectivity index (χ3v) is 6.14. The average molecular weight is 335 g/mol. The van der Waals surface area contributed by atoms with Gasteiger partial charge in [0.05, 0.1) is 0 Å². The van der Waals surface area contributed by atoms with Gasteiger partial charge in [0.1, 0.15) is 5.75 Å². The van der Waals surface area contributed by atoms with Crippen LogP contribution in [0.3, 0.4) is 0 Å². The van der Waals surface area contributed by atoms with Gasteiger partial charge in [-0.25, -0.2) is 4.79 Å². The van der Waals surface area contributed by atoms with E-state index in [1.54, 1.807) is 24.3 Å². The average Bonchev–Trinajstić information content (AvgIpc) is 2.54. The lowest BCUT2D eigenvalue weighted by atomic mass is 9.47. The molecule has 0 radical (unpaired) electrons. The van der Waals surface area contributed by atoms with Gasteiger partial charge in [-0.05, 0) is 66.4 Å². The van der Waals surface area contributed by atoms with Crippen molar-refractivity contribution in [2.24, 2.45) is 17.3 Å². The number of halogens is 1. The lowest BCUT2D eigenvalue weighted by Gasteiger charge is -2.58. The zero-order valence-electron chi connectivity index (χ0n) is 13.8. The van der Waals surface area contributed by atoms with Crippen LogP contribution in [0.2, 0.25) is 5.02 Å². The molecule has 23 heavy (non-hydrogen) atoms. The minimum atomic E-state index is -1.29. The van der Waals surface area contributed by atoms with Crippen molar-refractivity contribution in [3.63, 3.8) is 0 Å². The van der Waals surface area contributed by atoms with Crippen molar-refractivity contribution in [1.82, 2.24) is 0 Å². The number of benzene rings is 1. The van der Waals surface area contributed by atoms with Crippen LogP contribution in [0.25, 0.3) is 0 Å². The van der Waals surface area contributed by atoms with Gasteiger partial charge in [0.2, 0.25) is 5.60 Å². The van der Waals surface area contributed by atoms with Crippen LogP contribution in [0.1, 0.15) is 40.0 Å². The summed E-state index contributed by atoms with van der Waals surface area (Å²) in [6, 6.07) is 6.90. The summed E-state index contributed by atoms with van der Waals surface area (Å²) in [5.74, 6) is 0.570. The number of allylic oxidation sites excluding steroid dienone is 1. The largest absolute Gasteiger partial charge is 0.478 e. The van der Waals surface area contributed by atoms with Gasteiger partial charge in [-0.15, -0.1) is 0 Å². The second-order valence-electron chi connectivity index (χ2n) is 7.24. The Morgan fingerprint density at radius 1 is 1.39 bits per heavy atom. The molecule has 1 saturated carbocycles. The number of fused-ring (bicyclic) bond motifs is 1. The number of rotatable bonds is 5. The van der Waals surface area contributed by atoms with Crippen molar-refractivity contribution < 1.29 is 14.6 Å². The van der Waals surface area contributed by atoms with E-state index in [1.807, 2.05) is 6.92 Å². The molecule has 3 atom stereocenters. The fourth-order valence-electron chi connectivity index (χ4n) is 4.16. The second kappa shape index (κ2) is 5.55. The highest BCUT2D eigenvalue weighted by Crippen LogP contribution is 2.61. The molecule has 0 saturated heterocycles. The fraction of sp³-hybridized carbons (Fsp3) is 0.526. The van der Waals surface area contributed by atoms with E-state index in [0.717, 1.165) is 18.4 Å². The molecule has 3 unspecified atom stereocenters. The molecular weight excluding hydrogens is 312 g/mol. The van der Waals surface area contributed by atoms with E-state index in [-0.39, 0.29) is 11.3 Å². The standard InChI is InChI=1S/C19H23ClO3/c1-4-19(17(21)22,23-14-8-6-13(20)7-9-14)15-10-5-12-11-16(15)18(12,2)3/h6-10,12,16H,4-5,11H2,1-3H3,(H,21,22). The Morgan fingerprint density at radius 3 is 2.52 bits per heavy atom. The van der Waals surface area contributed by atoms with Gasteiger partial charge in [-0.1, -0.05) is 38.4 Å². The maximum Gasteiger partial charge on any atom is 0.352 e. The molecule has 1 aromatic carbocycles. The molecule has 3 aliphatic rings. The van der Waals surface area contributed by atoms with E-state index in [9.17, 15) is 9.90 Å². The minimum Gasteiger partial charge on any atom is -0.478 e. The first-order valence-electron chi connectivity index (χ1n) is 8.19. The Labute approximate surface area is 142 Å². The van der Waals surface area contributed by atoms with Gasteiger partial charge in [-0.2, -0.15) is 0 Å². The number of carbonyl (C=O) groups is 1. The molecule has 3 aliphatic carbocycles. The normalized spacial score (nSPS) is 27.4. The zero-order valence-corrected chi connectivity index (χ0v) is 14.6. The quantitative estimate of drug-likeness (QED) is 0.775. The van der Waals surface area contributed by atoms with Crippen LogP contribution < -0.4 is 4.74 Å². The molecule has 0 spiro atoms. The van der Waals surface area contributed by atoms with Crippen LogP contribution in [0.4, 0.5) is 0 Å². The molecular formula is C19H23ClO3. The summed E-state index contributed by atoms with van der Waals surface area (Å²) in [7, 11) is 0. The van der Waals surface area contributed by atoms with E-state index in [0.29, 0.717) is 23.1 Å². The Hall–Kier alpha value is -1.48. The van der Waals surface area contributed by atoms with Crippen molar-refractivity contribution in [3.8, 4) is 5.75 Å². The van der Waals surface area contributed by atoms with Crippen LogP contribution in [0, 0.1) is 17.3 Å². The molecule has 0 amide bonds. The van der Waals surface area contributed by atoms with Gasteiger partial charge in [0, 0.05) is 5.02 Å². The molecule has 124 valence electrons. The molecule has 4 heteroatoms. The number of carboxylic acids is 1. The van der Waals surface area contributed by atoms with Gasteiger partial charge >= 0.3 is 5.97 Å². The summed E-state index contributed by atoms with van der Waals surface area (Å²) in [5.41, 5.74) is -0.195.